The molecular formula is C27H34N2O4. The Morgan fingerprint density at radius 1 is 0.697 bits per heavy atom. The van der Waals surface area contributed by atoms with Crippen LogP contribution in [0.5, 0.6) is 0 Å². The minimum atomic E-state index is -1.64. The maximum atomic E-state index is 14.1. The van der Waals surface area contributed by atoms with Crippen molar-refractivity contribution >= 4 is 11.9 Å². The third-order valence-electron chi connectivity index (χ3n) is 7.36. The van der Waals surface area contributed by atoms with Gasteiger partial charge in [0.1, 0.15) is 0 Å². The number of carboxylic acid groups (broad SMARTS) is 1. The van der Waals surface area contributed by atoms with Gasteiger partial charge < -0.3 is 9.84 Å². The number of esters is 1. The number of carbonyl (C=O) groups is 2. The summed E-state index contributed by atoms with van der Waals surface area (Å²) in [5, 5.41) is 11.2. The molecule has 33 heavy (non-hydrogen) atoms. The van der Waals surface area contributed by atoms with Crippen molar-refractivity contribution in [2.45, 2.75) is 49.6 Å². The van der Waals surface area contributed by atoms with Crippen molar-refractivity contribution in [2.24, 2.45) is 0 Å². The molecule has 0 radical (unpaired) electrons. The molecule has 0 aliphatic carbocycles. The smallest absolute Gasteiger partial charge is 0.333 e. The van der Waals surface area contributed by atoms with Gasteiger partial charge in [-0.3, -0.25) is 9.80 Å². The highest BCUT2D eigenvalue weighted by Crippen LogP contribution is 2.52. The number of aliphatic carboxylic acids is 1. The molecule has 2 aliphatic heterocycles. The van der Waals surface area contributed by atoms with Crippen LogP contribution in [-0.4, -0.2) is 60.1 Å². The zero-order chi connectivity index (χ0) is 23.3. The number of hydrogen-bond acceptors (Lipinski definition) is 5. The van der Waals surface area contributed by atoms with Crippen LogP contribution in [0, 0.1) is 0 Å². The predicted molar refractivity (Wildman–Crippen MR) is 127 cm³/mol. The summed E-state index contributed by atoms with van der Waals surface area (Å²) in [4.78, 5) is 32.0. The van der Waals surface area contributed by atoms with E-state index in [1.165, 1.54) is 7.11 Å². The Bertz CT molecular complexity index is 939. The van der Waals surface area contributed by atoms with Crippen LogP contribution < -0.4 is 0 Å². The number of benzene rings is 2. The number of rotatable bonds is 7. The lowest BCUT2D eigenvalue weighted by molar-refractivity contribution is -0.192. The summed E-state index contributed by atoms with van der Waals surface area (Å²) < 4.78 is 5.52. The highest BCUT2D eigenvalue weighted by Gasteiger charge is 2.69. The SMILES string of the molecule is COC(=O)C(c1ccccc1)(N1CCCCC1)C(C(=O)O)(c1ccccc1)N1CCCCC1. The molecule has 2 heterocycles. The lowest BCUT2D eigenvalue weighted by Gasteiger charge is -2.57. The average molecular weight is 451 g/mol. The summed E-state index contributed by atoms with van der Waals surface area (Å²) in [6.07, 6.45) is 5.74. The number of hydrogen-bond donors (Lipinski definition) is 1. The van der Waals surface area contributed by atoms with Gasteiger partial charge >= 0.3 is 11.9 Å². The highest BCUT2D eigenvalue weighted by atomic mass is 16.5. The van der Waals surface area contributed by atoms with E-state index in [1.807, 2.05) is 65.6 Å². The standard InChI is InChI=1S/C27H34N2O4/c1-33-25(32)27(23-16-8-3-9-17-23,29-20-12-5-13-21-29)26(24(30)31,22-14-6-2-7-15-22)28-18-10-4-11-19-28/h2-3,6-9,14-17H,4-5,10-13,18-21H2,1H3,(H,30,31). The average Bonchev–Trinajstić information content (AvgIpc) is 2.88. The van der Waals surface area contributed by atoms with Crippen LogP contribution >= 0.6 is 0 Å². The summed E-state index contributed by atoms with van der Waals surface area (Å²) in [6, 6.07) is 18.7. The molecule has 2 aromatic carbocycles. The van der Waals surface area contributed by atoms with Gasteiger partial charge in [-0.15, -0.1) is 0 Å². The first-order chi connectivity index (χ1) is 16.1. The molecule has 0 bridgehead atoms. The van der Waals surface area contributed by atoms with Crippen molar-refractivity contribution in [1.82, 2.24) is 9.80 Å². The molecule has 6 nitrogen and oxygen atoms in total. The molecule has 0 amide bonds. The van der Waals surface area contributed by atoms with Crippen LogP contribution in [0.3, 0.4) is 0 Å². The fourth-order valence-electron chi connectivity index (χ4n) is 6.01. The topological polar surface area (TPSA) is 70.1 Å². The number of carboxylic acids is 1. The van der Waals surface area contributed by atoms with E-state index < -0.39 is 23.0 Å². The first-order valence-corrected chi connectivity index (χ1v) is 12.0. The Morgan fingerprint density at radius 3 is 1.48 bits per heavy atom. The van der Waals surface area contributed by atoms with E-state index in [1.54, 1.807) is 0 Å². The van der Waals surface area contributed by atoms with Gasteiger partial charge in [0, 0.05) is 0 Å². The van der Waals surface area contributed by atoms with Crippen LogP contribution in [0.4, 0.5) is 0 Å². The summed E-state index contributed by atoms with van der Waals surface area (Å²) in [5.41, 5.74) is -1.90. The zero-order valence-corrected chi connectivity index (χ0v) is 19.4. The molecule has 2 aromatic rings. The monoisotopic (exact) mass is 450 g/mol. The van der Waals surface area contributed by atoms with Gasteiger partial charge in [0.25, 0.3) is 0 Å². The summed E-state index contributed by atoms with van der Waals surface area (Å²) in [7, 11) is 1.37. The predicted octanol–water partition coefficient (Wildman–Crippen LogP) is 4.01. The molecule has 2 saturated heterocycles. The molecule has 0 spiro atoms. The maximum absolute atomic E-state index is 14.1. The largest absolute Gasteiger partial charge is 0.480 e. The number of nitrogens with zero attached hydrogens (tertiary/aromatic N) is 2. The van der Waals surface area contributed by atoms with E-state index in [-0.39, 0.29) is 0 Å². The molecule has 0 aromatic heterocycles. The van der Waals surface area contributed by atoms with Crippen LogP contribution in [0.1, 0.15) is 49.7 Å². The van der Waals surface area contributed by atoms with Crippen molar-refractivity contribution in [1.29, 1.82) is 0 Å². The fraction of sp³-hybridized carbons (Fsp3) is 0.481. The van der Waals surface area contributed by atoms with Crippen molar-refractivity contribution in [2.75, 3.05) is 33.3 Å². The Hall–Kier alpha value is -2.70. The van der Waals surface area contributed by atoms with E-state index in [2.05, 4.69) is 4.90 Å². The van der Waals surface area contributed by atoms with E-state index in [0.717, 1.165) is 38.5 Å². The number of carbonyl (C=O) groups excluding carboxylic acids is 1. The number of methoxy groups -OCH3 is 1. The van der Waals surface area contributed by atoms with Gasteiger partial charge in [0.15, 0.2) is 11.1 Å². The Labute approximate surface area is 196 Å². The lowest BCUT2D eigenvalue weighted by Crippen LogP contribution is -2.74. The first kappa shape index (κ1) is 23.5. The van der Waals surface area contributed by atoms with Crippen molar-refractivity contribution in [3.8, 4) is 0 Å². The van der Waals surface area contributed by atoms with Crippen LogP contribution in [0.25, 0.3) is 0 Å². The molecule has 0 saturated carbocycles. The van der Waals surface area contributed by atoms with Crippen LogP contribution in [-0.2, 0) is 25.4 Å². The number of piperidine rings is 2. The minimum absolute atomic E-state index is 0.521. The van der Waals surface area contributed by atoms with Gasteiger partial charge in [-0.1, -0.05) is 73.5 Å². The van der Waals surface area contributed by atoms with Crippen LogP contribution in [0.2, 0.25) is 0 Å². The maximum Gasteiger partial charge on any atom is 0.333 e. The Kier molecular flexibility index (Phi) is 7.15. The zero-order valence-electron chi connectivity index (χ0n) is 19.4. The van der Waals surface area contributed by atoms with Crippen molar-refractivity contribution in [3.63, 3.8) is 0 Å². The molecule has 176 valence electrons. The summed E-state index contributed by atoms with van der Waals surface area (Å²) in [5.74, 6) is -1.54. The van der Waals surface area contributed by atoms with Gasteiger partial charge in [0.2, 0.25) is 0 Å². The second kappa shape index (κ2) is 10.1. The third kappa shape index (κ3) is 3.75. The third-order valence-corrected chi connectivity index (χ3v) is 7.36. The summed E-state index contributed by atoms with van der Waals surface area (Å²) in [6.45, 7) is 2.50. The normalized spacial score (nSPS) is 21.5. The van der Waals surface area contributed by atoms with E-state index in [9.17, 15) is 14.7 Å². The van der Waals surface area contributed by atoms with Crippen LogP contribution in [0.15, 0.2) is 60.7 Å². The molecule has 2 unspecified atom stereocenters. The van der Waals surface area contributed by atoms with Crippen molar-refractivity contribution < 1.29 is 19.4 Å². The van der Waals surface area contributed by atoms with Crippen molar-refractivity contribution in [3.05, 3.63) is 71.8 Å². The van der Waals surface area contributed by atoms with E-state index in [0.29, 0.717) is 37.3 Å². The number of ether oxygens (including phenoxy) is 1. The number of likely N-dealkylation sites (tertiary alicyclic amines) is 2. The molecule has 2 aliphatic rings. The molecule has 6 heteroatoms. The van der Waals surface area contributed by atoms with Gasteiger partial charge in [-0.2, -0.15) is 0 Å². The molecule has 2 fully saturated rings. The Balaban J connectivity index is 2.13. The quantitative estimate of drug-likeness (QED) is 0.643. The van der Waals surface area contributed by atoms with E-state index >= 15 is 0 Å². The minimum Gasteiger partial charge on any atom is -0.480 e. The van der Waals surface area contributed by atoms with Gasteiger partial charge in [-0.25, -0.2) is 9.59 Å². The fourth-order valence-corrected chi connectivity index (χ4v) is 6.01. The lowest BCUT2D eigenvalue weighted by atomic mass is 9.64. The Morgan fingerprint density at radius 2 is 1.09 bits per heavy atom. The summed E-state index contributed by atoms with van der Waals surface area (Å²) >= 11 is 0. The molecule has 4 rings (SSSR count). The molecular weight excluding hydrogens is 416 g/mol. The second-order valence-electron chi connectivity index (χ2n) is 9.05. The highest BCUT2D eigenvalue weighted by molar-refractivity contribution is 5.96. The van der Waals surface area contributed by atoms with Gasteiger partial charge in [0.05, 0.1) is 7.11 Å². The molecule has 1 N–H and O–H groups in total. The second-order valence-corrected chi connectivity index (χ2v) is 9.05. The molecule has 2 atom stereocenters. The first-order valence-electron chi connectivity index (χ1n) is 12.0. The van der Waals surface area contributed by atoms with E-state index in [4.69, 9.17) is 4.74 Å². The van der Waals surface area contributed by atoms with Gasteiger partial charge in [-0.05, 0) is 63.0 Å².